The molecule has 20 heavy (non-hydrogen) atoms. The van der Waals surface area contributed by atoms with E-state index in [1.54, 1.807) is 36.4 Å². The van der Waals surface area contributed by atoms with Crippen LogP contribution in [0.5, 0.6) is 11.5 Å². The van der Waals surface area contributed by atoms with E-state index in [1.165, 1.54) is 6.07 Å². The van der Waals surface area contributed by atoms with Crippen LogP contribution in [0.1, 0.15) is 18.4 Å². The lowest BCUT2D eigenvalue weighted by molar-refractivity contribution is 0.273. The molecule has 0 fully saturated rings. The van der Waals surface area contributed by atoms with Crippen molar-refractivity contribution in [2.24, 2.45) is 0 Å². The van der Waals surface area contributed by atoms with E-state index in [0.717, 1.165) is 5.56 Å². The molecule has 1 N–H and O–H groups in total. The third kappa shape index (κ3) is 1.90. The predicted molar refractivity (Wildman–Crippen MR) is 73.9 cm³/mol. The van der Waals surface area contributed by atoms with Crippen molar-refractivity contribution in [1.29, 1.82) is 0 Å². The Hall–Kier alpha value is -1.85. The highest BCUT2D eigenvalue weighted by Crippen LogP contribution is 2.43. The lowest BCUT2D eigenvalue weighted by atomic mass is 10.0. The molecule has 5 heteroatoms. The molecule has 0 saturated carbocycles. The maximum atomic E-state index is 12.6. The monoisotopic (exact) mass is 290 g/mol. The summed E-state index contributed by atoms with van der Waals surface area (Å²) in [5.74, 6) is 0.563. The molecule has 104 valence electrons. The maximum Gasteiger partial charge on any atom is 0.213 e. The van der Waals surface area contributed by atoms with Crippen molar-refractivity contribution in [2.45, 2.75) is 22.6 Å². The zero-order valence-corrected chi connectivity index (χ0v) is 11.7. The molecule has 0 radical (unpaired) electrons. The van der Waals surface area contributed by atoms with E-state index in [0.29, 0.717) is 11.5 Å². The summed E-state index contributed by atoms with van der Waals surface area (Å²) in [6.45, 7) is 1.81. The Bertz CT molecular complexity index is 765. The minimum atomic E-state index is -3.57. The van der Waals surface area contributed by atoms with E-state index in [9.17, 15) is 13.5 Å². The number of ether oxygens (including phenoxy) is 1. The molecule has 1 aliphatic heterocycles. The Morgan fingerprint density at radius 2 is 1.80 bits per heavy atom. The first kappa shape index (κ1) is 13.1. The lowest BCUT2D eigenvalue weighted by Gasteiger charge is -2.21. The first-order valence-electron chi connectivity index (χ1n) is 6.31. The van der Waals surface area contributed by atoms with Gasteiger partial charge in [-0.1, -0.05) is 25.1 Å². The highest BCUT2D eigenvalue weighted by molar-refractivity contribution is 7.91. The molecule has 0 spiro atoms. The molecule has 1 atom stereocenters. The minimum Gasteiger partial charge on any atom is -0.455 e. The van der Waals surface area contributed by atoms with Gasteiger partial charge < -0.3 is 9.84 Å². The molecule has 0 amide bonds. The van der Waals surface area contributed by atoms with Crippen molar-refractivity contribution < 1.29 is 18.3 Å². The van der Waals surface area contributed by atoms with Crippen LogP contribution in [0.3, 0.4) is 0 Å². The molecule has 3 rings (SSSR count). The Morgan fingerprint density at radius 3 is 2.55 bits per heavy atom. The van der Waals surface area contributed by atoms with Crippen LogP contribution < -0.4 is 4.74 Å². The fourth-order valence-electron chi connectivity index (χ4n) is 2.22. The SMILES string of the molecule is CC(CO)c1ccc2c(c1)S(=O)(=O)c1ccccc1O2. The van der Waals surface area contributed by atoms with E-state index >= 15 is 0 Å². The van der Waals surface area contributed by atoms with Crippen LogP contribution in [0.15, 0.2) is 52.3 Å². The van der Waals surface area contributed by atoms with E-state index in [1.807, 2.05) is 6.92 Å². The average Bonchev–Trinajstić information content (AvgIpc) is 2.46. The van der Waals surface area contributed by atoms with Gasteiger partial charge in [0.1, 0.15) is 21.3 Å². The normalized spacial score (nSPS) is 16.7. The Balaban J connectivity index is 2.20. The van der Waals surface area contributed by atoms with E-state index in [2.05, 4.69) is 0 Å². The molecular formula is C15H14O4S. The van der Waals surface area contributed by atoms with Gasteiger partial charge in [-0.25, -0.2) is 8.42 Å². The second kappa shape index (κ2) is 4.61. The molecular weight excluding hydrogens is 276 g/mol. The Morgan fingerprint density at radius 1 is 1.10 bits per heavy atom. The van der Waals surface area contributed by atoms with Gasteiger partial charge in [-0.3, -0.25) is 0 Å². The highest BCUT2D eigenvalue weighted by Gasteiger charge is 2.31. The van der Waals surface area contributed by atoms with Gasteiger partial charge >= 0.3 is 0 Å². The number of hydrogen-bond donors (Lipinski definition) is 1. The predicted octanol–water partition coefficient (Wildman–Crippen LogP) is 2.72. The first-order valence-corrected chi connectivity index (χ1v) is 7.79. The summed E-state index contributed by atoms with van der Waals surface area (Å²) >= 11 is 0. The zero-order valence-electron chi connectivity index (χ0n) is 10.9. The average molecular weight is 290 g/mol. The number of sulfone groups is 1. The summed E-state index contributed by atoms with van der Waals surface area (Å²) in [6.07, 6.45) is 0. The molecule has 1 unspecified atom stereocenters. The van der Waals surface area contributed by atoms with Crippen LogP contribution in [0, 0.1) is 0 Å². The number of aliphatic hydroxyl groups excluding tert-OH is 1. The summed E-state index contributed by atoms with van der Waals surface area (Å²) in [6, 6.07) is 11.6. The fraction of sp³-hybridized carbons (Fsp3) is 0.200. The topological polar surface area (TPSA) is 63.6 Å². The maximum absolute atomic E-state index is 12.6. The minimum absolute atomic E-state index is 0.0315. The van der Waals surface area contributed by atoms with E-state index < -0.39 is 9.84 Å². The lowest BCUT2D eigenvalue weighted by Crippen LogP contribution is -2.12. The van der Waals surface area contributed by atoms with Gasteiger partial charge in [-0.15, -0.1) is 0 Å². The number of fused-ring (bicyclic) bond motifs is 2. The summed E-state index contributed by atoms with van der Waals surface area (Å²) < 4.78 is 30.9. The van der Waals surface area contributed by atoms with Crippen LogP contribution >= 0.6 is 0 Å². The number of para-hydroxylation sites is 1. The molecule has 1 aliphatic rings. The molecule has 0 aromatic heterocycles. The van der Waals surface area contributed by atoms with Crippen molar-refractivity contribution in [3.63, 3.8) is 0 Å². The standard InChI is InChI=1S/C15H14O4S/c1-10(9-16)11-6-7-13-15(8-11)20(17,18)14-5-3-2-4-12(14)19-13/h2-8,10,16H,9H2,1H3. The number of benzene rings is 2. The molecule has 2 aromatic carbocycles. The van der Waals surface area contributed by atoms with E-state index in [4.69, 9.17) is 4.74 Å². The molecule has 0 saturated heterocycles. The van der Waals surface area contributed by atoms with Crippen molar-refractivity contribution in [3.8, 4) is 11.5 Å². The van der Waals surface area contributed by atoms with Gasteiger partial charge in [0.25, 0.3) is 0 Å². The molecule has 4 nitrogen and oxygen atoms in total. The van der Waals surface area contributed by atoms with Crippen LogP contribution in [0.25, 0.3) is 0 Å². The quantitative estimate of drug-likeness (QED) is 0.788. The Kier molecular flexibility index (Phi) is 3.03. The van der Waals surface area contributed by atoms with Gasteiger partial charge in [-0.2, -0.15) is 0 Å². The molecule has 1 heterocycles. The summed E-state index contributed by atoms with van der Waals surface area (Å²) in [5, 5.41) is 9.20. The summed E-state index contributed by atoms with van der Waals surface area (Å²) in [7, 11) is -3.57. The second-order valence-corrected chi connectivity index (χ2v) is 6.73. The number of rotatable bonds is 2. The number of aliphatic hydroxyl groups is 1. The van der Waals surface area contributed by atoms with E-state index in [-0.39, 0.29) is 22.3 Å². The van der Waals surface area contributed by atoms with Crippen molar-refractivity contribution in [2.75, 3.05) is 6.61 Å². The van der Waals surface area contributed by atoms with Crippen LogP contribution in [-0.2, 0) is 9.84 Å². The first-order chi connectivity index (χ1) is 9.54. The Labute approximate surface area is 117 Å². The fourth-order valence-corrected chi connectivity index (χ4v) is 3.76. The molecule has 2 aromatic rings. The van der Waals surface area contributed by atoms with Crippen LogP contribution in [0.2, 0.25) is 0 Å². The van der Waals surface area contributed by atoms with Gasteiger partial charge in [0.05, 0.1) is 0 Å². The van der Waals surface area contributed by atoms with Gasteiger partial charge in [-0.05, 0) is 29.8 Å². The zero-order chi connectivity index (χ0) is 14.3. The van der Waals surface area contributed by atoms with Gasteiger partial charge in [0.15, 0.2) is 0 Å². The van der Waals surface area contributed by atoms with Crippen LogP contribution in [-0.4, -0.2) is 20.1 Å². The smallest absolute Gasteiger partial charge is 0.213 e. The summed E-state index contributed by atoms with van der Waals surface area (Å²) in [4.78, 5) is 0.343. The number of hydrogen-bond acceptors (Lipinski definition) is 4. The van der Waals surface area contributed by atoms with Crippen molar-refractivity contribution in [3.05, 3.63) is 48.0 Å². The highest BCUT2D eigenvalue weighted by atomic mass is 32.2. The van der Waals surface area contributed by atoms with Crippen molar-refractivity contribution in [1.82, 2.24) is 0 Å². The largest absolute Gasteiger partial charge is 0.455 e. The van der Waals surface area contributed by atoms with Crippen molar-refractivity contribution >= 4 is 9.84 Å². The third-order valence-corrected chi connectivity index (χ3v) is 5.27. The summed E-state index contributed by atoms with van der Waals surface area (Å²) in [5.41, 5.74) is 0.776. The van der Waals surface area contributed by atoms with Gasteiger partial charge in [0, 0.05) is 12.5 Å². The van der Waals surface area contributed by atoms with Gasteiger partial charge in [0.2, 0.25) is 9.84 Å². The third-order valence-electron chi connectivity index (χ3n) is 3.46. The second-order valence-electron chi connectivity index (χ2n) is 4.84. The molecule has 0 aliphatic carbocycles. The van der Waals surface area contributed by atoms with Crippen LogP contribution in [0.4, 0.5) is 0 Å². The molecule has 0 bridgehead atoms.